The van der Waals surface area contributed by atoms with Crippen molar-refractivity contribution in [2.75, 3.05) is 0 Å². The zero-order valence-electron chi connectivity index (χ0n) is 14.1. The first-order chi connectivity index (χ1) is 11.7. The quantitative estimate of drug-likeness (QED) is 0.915. The van der Waals surface area contributed by atoms with Crippen LogP contribution in [0.3, 0.4) is 0 Å². The standard InChI is InChI=1S/C18H24N4O2/c1-14-7-9-15(10-8-14)11-22-12-17(20-21-22)13-24-18(23)19-16-5-3-2-4-6-16/h7-10,12,16H,2-6,11,13H2,1H3,(H,19,23). The molecule has 1 N–H and O–H groups in total. The fourth-order valence-electron chi connectivity index (χ4n) is 2.96. The monoisotopic (exact) mass is 328 g/mol. The van der Waals surface area contributed by atoms with E-state index in [1.54, 1.807) is 4.68 Å². The molecule has 1 saturated carbocycles. The Balaban J connectivity index is 1.45. The molecule has 0 radical (unpaired) electrons. The third-order valence-corrected chi connectivity index (χ3v) is 4.33. The third-order valence-electron chi connectivity index (χ3n) is 4.33. The van der Waals surface area contributed by atoms with Crippen molar-refractivity contribution in [3.05, 3.63) is 47.3 Å². The molecule has 128 valence electrons. The minimum absolute atomic E-state index is 0.145. The number of amides is 1. The smallest absolute Gasteiger partial charge is 0.407 e. The molecule has 1 fully saturated rings. The summed E-state index contributed by atoms with van der Waals surface area (Å²) in [6.07, 6.45) is 7.15. The Kier molecular flexibility index (Phi) is 5.46. The molecule has 2 aromatic rings. The van der Waals surface area contributed by atoms with Crippen LogP contribution in [0.2, 0.25) is 0 Å². The molecule has 1 aliphatic rings. The van der Waals surface area contributed by atoms with Crippen LogP contribution in [0.1, 0.15) is 48.9 Å². The molecule has 3 rings (SSSR count). The van der Waals surface area contributed by atoms with Gasteiger partial charge >= 0.3 is 6.09 Å². The van der Waals surface area contributed by atoms with E-state index in [1.165, 1.54) is 24.8 Å². The summed E-state index contributed by atoms with van der Waals surface area (Å²) in [5.74, 6) is 0. The molecule has 0 bridgehead atoms. The maximum Gasteiger partial charge on any atom is 0.407 e. The van der Waals surface area contributed by atoms with Crippen molar-refractivity contribution in [1.82, 2.24) is 20.3 Å². The maximum absolute atomic E-state index is 11.8. The van der Waals surface area contributed by atoms with E-state index in [0.29, 0.717) is 12.2 Å². The SMILES string of the molecule is Cc1ccc(Cn2cc(COC(=O)NC3CCCCC3)nn2)cc1. The Bertz CT molecular complexity index is 660. The first kappa shape index (κ1) is 16.5. The van der Waals surface area contributed by atoms with E-state index < -0.39 is 0 Å². The van der Waals surface area contributed by atoms with Crippen LogP contribution < -0.4 is 5.32 Å². The summed E-state index contributed by atoms with van der Waals surface area (Å²) >= 11 is 0. The van der Waals surface area contributed by atoms with Crippen molar-refractivity contribution in [3.63, 3.8) is 0 Å². The van der Waals surface area contributed by atoms with Crippen LogP contribution in [0, 0.1) is 6.92 Å². The van der Waals surface area contributed by atoms with Gasteiger partial charge in [0, 0.05) is 6.04 Å². The molecule has 24 heavy (non-hydrogen) atoms. The highest BCUT2D eigenvalue weighted by molar-refractivity contribution is 5.67. The average Bonchev–Trinajstić information content (AvgIpc) is 3.04. The number of hydrogen-bond acceptors (Lipinski definition) is 4. The summed E-state index contributed by atoms with van der Waals surface area (Å²) in [5.41, 5.74) is 3.05. The molecule has 1 aromatic carbocycles. The van der Waals surface area contributed by atoms with Crippen LogP contribution in [-0.4, -0.2) is 27.1 Å². The minimum Gasteiger partial charge on any atom is -0.443 e. The van der Waals surface area contributed by atoms with Gasteiger partial charge in [-0.25, -0.2) is 9.48 Å². The second kappa shape index (κ2) is 7.95. The van der Waals surface area contributed by atoms with Crippen LogP contribution >= 0.6 is 0 Å². The van der Waals surface area contributed by atoms with Gasteiger partial charge in [-0.1, -0.05) is 54.3 Å². The molecule has 0 spiro atoms. The minimum atomic E-state index is -0.366. The Morgan fingerprint density at radius 1 is 1.25 bits per heavy atom. The van der Waals surface area contributed by atoms with Crippen LogP contribution in [-0.2, 0) is 17.9 Å². The van der Waals surface area contributed by atoms with Crippen molar-refractivity contribution in [3.8, 4) is 0 Å². The average molecular weight is 328 g/mol. The Hall–Kier alpha value is -2.37. The summed E-state index contributed by atoms with van der Waals surface area (Å²) in [6, 6.07) is 8.55. The molecular weight excluding hydrogens is 304 g/mol. The number of alkyl carbamates (subject to hydrolysis) is 1. The van der Waals surface area contributed by atoms with Gasteiger partial charge in [-0.2, -0.15) is 0 Å². The zero-order chi connectivity index (χ0) is 16.8. The molecule has 1 aliphatic carbocycles. The molecule has 0 saturated heterocycles. The lowest BCUT2D eigenvalue weighted by atomic mass is 9.96. The number of nitrogens with one attached hydrogen (secondary N) is 1. The number of benzene rings is 1. The molecule has 0 aliphatic heterocycles. The van der Waals surface area contributed by atoms with Gasteiger partial charge in [-0.15, -0.1) is 5.10 Å². The third kappa shape index (κ3) is 4.81. The van der Waals surface area contributed by atoms with E-state index in [9.17, 15) is 4.79 Å². The second-order valence-electron chi connectivity index (χ2n) is 6.45. The van der Waals surface area contributed by atoms with Gasteiger partial charge in [0.1, 0.15) is 12.3 Å². The number of carbonyl (C=O) groups excluding carboxylic acids is 1. The van der Waals surface area contributed by atoms with Gasteiger partial charge < -0.3 is 10.1 Å². The lowest BCUT2D eigenvalue weighted by Gasteiger charge is -2.22. The van der Waals surface area contributed by atoms with Gasteiger partial charge in [-0.05, 0) is 25.3 Å². The predicted molar refractivity (Wildman–Crippen MR) is 90.5 cm³/mol. The van der Waals surface area contributed by atoms with Crippen molar-refractivity contribution >= 4 is 6.09 Å². The summed E-state index contributed by atoms with van der Waals surface area (Å²) in [5, 5.41) is 11.1. The first-order valence-corrected chi connectivity index (χ1v) is 8.57. The van der Waals surface area contributed by atoms with E-state index in [4.69, 9.17) is 4.74 Å². The molecule has 0 atom stereocenters. The zero-order valence-corrected chi connectivity index (χ0v) is 14.1. The van der Waals surface area contributed by atoms with E-state index in [1.807, 2.05) is 6.20 Å². The summed E-state index contributed by atoms with van der Waals surface area (Å²) < 4.78 is 7.00. The number of rotatable bonds is 5. The number of ether oxygens (including phenoxy) is 1. The van der Waals surface area contributed by atoms with Crippen molar-refractivity contribution in [2.45, 2.75) is 58.2 Å². The highest BCUT2D eigenvalue weighted by Crippen LogP contribution is 2.17. The number of aryl methyl sites for hydroxylation is 1. The van der Waals surface area contributed by atoms with Crippen LogP contribution in [0.15, 0.2) is 30.5 Å². The fourth-order valence-corrected chi connectivity index (χ4v) is 2.96. The van der Waals surface area contributed by atoms with Crippen molar-refractivity contribution < 1.29 is 9.53 Å². The van der Waals surface area contributed by atoms with E-state index in [0.717, 1.165) is 18.4 Å². The number of carbonyl (C=O) groups is 1. The fraction of sp³-hybridized carbons (Fsp3) is 0.500. The van der Waals surface area contributed by atoms with Crippen LogP contribution in [0.25, 0.3) is 0 Å². The Morgan fingerprint density at radius 2 is 2.00 bits per heavy atom. The lowest BCUT2D eigenvalue weighted by Crippen LogP contribution is -2.36. The molecular formula is C18H24N4O2. The first-order valence-electron chi connectivity index (χ1n) is 8.57. The Labute approximate surface area is 142 Å². The van der Waals surface area contributed by atoms with Crippen molar-refractivity contribution in [2.24, 2.45) is 0 Å². The Morgan fingerprint density at radius 3 is 2.75 bits per heavy atom. The molecule has 0 unspecified atom stereocenters. The van der Waals surface area contributed by atoms with E-state index in [2.05, 4.69) is 46.8 Å². The molecule has 6 heteroatoms. The van der Waals surface area contributed by atoms with Crippen LogP contribution in [0.5, 0.6) is 0 Å². The van der Waals surface area contributed by atoms with Gasteiger partial charge in [0.15, 0.2) is 0 Å². The number of hydrogen-bond donors (Lipinski definition) is 1. The maximum atomic E-state index is 11.8. The van der Waals surface area contributed by atoms with Crippen molar-refractivity contribution in [1.29, 1.82) is 0 Å². The van der Waals surface area contributed by atoms with E-state index >= 15 is 0 Å². The second-order valence-corrected chi connectivity index (χ2v) is 6.45. The summed E-state index contributed by atoms with van der Waals surface area (Å²) in [7, 11) is 0. The normalized spacial score (nSPS) is 15.2. The van der Waals surface area contributed by atoms with E-state index in [-0.39, 0.29) is 18.7 Å². The van der Waals surface area contributed by atoms with Gasteiger partial charge in [-0.3, -0.25) is 0 Å². The highest BCUT2D eigenvalue weighted by Gasteiger charge is 2.16. The van der Waals surface area contributed by atoms with Gasteiger partial charge in [0.2, 0.25) is 0 Å². The topological polar surface area (TPSA) is 69.0 Å². The van der Waals surface area contributed by atoms with Crippen LogP contribution in [0.4, 0.5) is 4.79 Å². The predicted octanol–water partition coefficient (Wildman–Crippen LogP) is 3.19. The number of aromatic nitrogens is 3. The number of nitrogens with zero attached hydrogens (tertiary/aromatic N) is 3. The van der Waals surface area contributed by atoms with Gasteiger partial charge in [0.25, 0.3) is 0 Å². The largest absolute Gasteiger partial charge is 0.443 e. The molecule has 6 nitrogen and oxygen atoms in total. The molecule has 1 amide bonds. The summed E-state index contributed by atoms with van der Waals surface area (Å²) in [6.45, 7) is 2.86. The highest BCUT2D eigenvalue weighted by atomic mass is 16.5. The summed E-state index contributed by atoms with van der Waals surface area (Å²) in [4.78, 5) is 11.8. The molecule has 1 aromatic heterocycles. The molecule has 1 heterocycles. The van der Waals surface area contributed by atoms with Gasteiger partial charge in [0.05, 0.1) is 12.7 Å². The lowest BCUT2D eigenvalue weighted by molar-refractivity contribution is 0.131.